The zero-order valence-electron chi connectivity index (χ0n) is 21.4. The number of anilines is 1. The molecule has 0 saturated heterocycles. The standard InChI is InChI=1S/C27H31N3O7S2/c31-23(32)16-36-22-15-14-21-26(29-22)38-27(28-21)30-25(33)24(37-18-6-4-5-7-18)17-10-12-20(13-11-17)39(34,35)19-8-2-1-3-9-19/h10-15,18-19,24H,1-9,16H2,(H,31,32)(H,28,30,33). The largest absolute Gasteiger partial charge is 0.479 e. The quantitative estimate of drug-likeness (QED) is 0.346. The molecule has 2 saturated carbocycles. The first-order chi connectivity index (χ1) is 18.8. The number of hydrogen-bond donors (Lipinski definition) is 2. The van der Waals surface area contributed by atoms with Crippen LogP contribution in [0.2, 0.25) is 0 Å². The normalized spacial score (nSPS) is 17.7. The van der Waals surface area contributed by atoms with Crippen LogP contribution < -0.4 is 10.1 Å². The summed E-state index contributed by atoms with van der Waals surface area (Å²) in [6.07, 6.45) is 7.10. The monoisotopic (exact) mass is 573 g/mol. The second-order valence-corrected chi connectivity index (χ2v) is 13.2. The van der Waals surface area contributed by atoms with Crippen LogP contribution in [-0.2, 0) is 24.2 Å². The lowest BCUT2D eigenvalue weighted by atomic mass is 10.0. The first kappa shape index (κ1) is 27.5. The third-order valence-corrected chi connectivity index (χ3v) is 10.3. The van der Waals surface area contributed by atoms with Crippen LogP contribution >= 0.6 is 11.3 Å². The van der Waals surface area contributed by atoms with Gasteiger partial charge in [-0.05, 0) is 49.4 Å². The summed E-state index contributed by atoms with van der Waals surface area (Å²) < 4.78 is 37.7. The SMILES string of the molecule is O=C(O)COc1ccc2nc(NC(=O)C(OC3CCCC3)c3ccc(S(=O)(=O)C4CCCCC4)cc3)sc2n1. The maximum absolute atomic E-state index is 13.5. The molecule has 2 aromatic heterocycles. The van der Waals surface area contributed by atoms with Crippen LogP contribution in [0, 0.1) is 0 Å². The number of carboxylic acid groups (broad SMARTS) is 1. The number of thiazole rings is 1. The molecule has 0 aliphatic heterocycles. The Morgan fingerprint density at radius 1 is 0.974 bits per heavy atom. The number of aromatic nitrogens is 2. The number of fused-ring (bicyclic) bond motifs is 1. The molecule has 5 rings (SSSR count). The number of nitrogens with one attached hydrogen (secondary N) is 1. The molecule has 1 amide bonds. The van der Waals surface area contributed by atoms with Crippen molar-refractivity contribution in [1.82, 2.24) is 9.97 Å². The third-order valence-electron chi connectivity index (χ3n) is 7.17. The zero-order valence-corrected chi connectivity index (χ0v) is 23.0. The number of amides is 1. The summed E-state index contributed by atoms with van der Waals surface area (Å²) in [5, 5.41) is 11.6. The van der Waals surface area contributed by atoms with Gasteiger partial charge >= 0.3 is 5.97 Å². The molecule has 39 heavy (non-hydrogen) atoms. The van der Waals surface area contributed by atoms with Gasteiger partial charge in [0, 0.05) is 6.07 Å². The molecule has 3 aromatic rings. The molecule has 2 aliphatic rings. The van der Waals surface area contributed by atoms with E-state index in [-0.39, 0.29) is 22.1 Å². The Morgan fingerprint density at radius 2 is 1.67 bits per heavy atom. The first-order valence-corrected chi connectivity index (χ1v) is 15.6. The van der Waals surface area contributed by atoms with Gasteiger partial charge in [0.1, 0.15) is 10.3 Å². The van der Waals surface area contributed by atoms with E-state index in [1.54, 1.807) is 30.3 Å². The average molecular weight is 574 g/mol. The smallest absolute Gasteiger partial charge is 0.341 e. The Hall–Kier alpha value is -3.09. The van der Waals surface area contributed by atoms with E-state index in [9.17, 15) is 18.0 Å². The minimum atomic E-state index is -3.42. The molecule has 0 radical (unpaired) electrons. The van der Waals surface area contributed by atoms with E-state index >= 15 is 0 Å². The molecule has 208 valence electrons. The molecule has 1 aromatic carbocycles. The van der Waals surface area contributed by atoms with Crippen molar-refractivity contribution in [3.8, 4) is 5.88 Å². The van der Waals surface area contributed by atoms with Crippen molar-refractivity contribution < 1.29 is 32.6 Å². The second kappa shape index (κ2) is 12.0. The first-order valence-electron chi connectivity index (χ1n) is 13.2. The van der Waals surface area contributed by atoms with E-state index in [0.29, 0.717) is 33.9 Å². The van der Waals surface area contributed by atoms with Gasteiger partial charge in [-0.15, -0.1) is 0 Å². The Morgan fingerprint density at radius 3 is 2.36 bits per heavy atom. The number of hydrogen-bond acceptors (Lipinski definition) is 9. The van der Waals surface area contributed by atoms with Crippen molar-refractivity contribution in [1.29, 1.82) is 0 Å². The number of aliphatic carboxylic acids is 1. The molecule has 2 heterocycles. The number of carboxylic acids is 1. The number of nitrogens with zero attached hydrogens (tertiary/aromatic N) is 2. The molecule has 10 nitrogen and oxygen atoms in total. The van der Waals surface area contributed by atoms with E-state index in [1.165, 1.54) is 6.07 Å². The van der Waals surface area contributed by atoms with Gasteiger partial charge in [-0.2, -0.15) is 0 Å². The maximum Gasteiger partial charge on any atom is 0.341 e. The summed E-state index contributed by atoms with van der Waals surface area (Å²) in [6.45, 7) is -0.512. The van der Waals surface area contributed by atoms with Gasteiger partial charge in [-0.1, -0.05) is 55.6 Å². The Balaban J connectivity index is 1.34. The average Bonchev–Trinajstić information content (AvgIpc) is 3.60. The van der Waals surface area contributed by atoms with Crippen molar-refractivity contribution >= 4 is 48.5 Å². The van der Waals surface area contributed by atoms with E-state index in [4.69, 9.17) is 14.6 Å². The zero-order chi connectivity index (χ0) is 27.4. The lowest BCUT2D eigenvalue weighted by molar-refractivity contribution is -0.139. The van der Waals surface area contributed by atoms with E-state index in [1.807, 2.05) is 0 Å². The van der Waals surface area contributed by atoms with Gasteiger partial charge in [0.2, 0.25) is 5.88 Å². The Kier molecular flexibility index (Phi) is 8.43. The van der Waals surface area contributed by atoms with Crippen LogP contribution in [-0.4, -0.2) is 53.3 Å². The highest BCUT2D eigenvalue weighted by Crippen LogP contribution is 2.33. The molecule has 0 spiro atoms. The summed E-state index contributed by atoms with van der Waals surface area (Å²) in [6, 6.07) is 9.66. The molecular formula is C27H31N3O7S2. The van der Waals surface area contributed by atoms with Crippen LogP contribution in [0.5, 0.6) is 5.88 Å². The van der Waals surface area contributed by atoms with Crippen LogP contribution in [0.25, 0.3) is 10.3 Å². The van der Waals surface area contributed by atoms with Crippen LogP contribution in [0.15, 0.2) is 41.3 Å². The fourth-order valence-electron chi connectivity index (χ4n) is 5.15. The van der Waals surface area contributed by atoms with Gasteiger partial charge in [0.25, 0.3) is 5.91 Å². The van der Waals surface area contributed by atoms with Crippen molar-refractivity contribution in [3.05, 3.63) is 42.0 Å². The summed E-state index contributed by atoms with van der Waals surface area (Å²) in [5.74, 6) is -1.37. The number of pyridine rings is 1. The predicted octanol–water partition coefficient (Wildman–Crippen LogP) is 4.90. The molecule has 1 unspecified atom stereocenters. The van der Waals surface area contributed by atoms with Crippen molar-refractivity contribution in [2.75, 3.05) is 11.9 Å². The number of sulfone groups is 1. The molecule has 0 bridgehead atoms. The molecule has 2 aliphatic carbocycles. The molecular weight excluding hydrogens is 542 g/mol. The summed E-state index contributed by atoms with van der Waals surface area (Å²) in [5.41, 5.74) is 1.11. The number of carbonyl (C=O) groups excluding carboxylic acids is 1. The van der Waals surface area contributed by atoms with E-state index in [2.05, 4.69) is 15.3 Å². The fourth-order valence-corrected chi connectivity index (χ4v) is 7.84. The van der Waals surface area contributed by atoms with Crippen LogP contribution in [0.3, 0.4) is 0 Å². The van der Waals surface area contributed by atoms with Crippen LogP contribution in [0.4, 0.5) is 5.13 Å². The van der Waals surface area contributed by atoms with Crippen molar-refractivity contribution in [3.63, 3.8) is 0 Å². The van der Waals surface area contributed by atoms with Gasteiger partial charge in [-0.3, -0.25) is 10.1 Å². The van der Waals surface area contributed by atoms with E-state index < -0.39 is 34.4 Å². The number of carbonyl (C=O) groups is 2. The number of ether oxygens (including phenoxy) is 2. The summed E-state index contributed by atoms with van der Waals surface area (Å²) >= 11 is 1.13. The predicted molar refractivity (Wildman–Crippen MR) is 146 cm³/mol. The van der Waals surface area contributed by atoms with Gasteiger partial charge in [0.15, 0.2) is 27.7 Å². The number of benzene rings is 1. The second-order valence-electron chi connectivity index (χ2n) is 9.96. The minimum absolute atomic E-state index is 0.0580. The van der Waals surface area contributed by atoms with Gasteiger partial charge in [0.05, 0.1) is 16.2 Å². The topological polar surface area (TPSA) is 145 Å². The Bertz CT molecular complexity index is 1430. The fraction of sp³-hybridized carbons (Fsp3) is 0.481. The van der Waals surface area contributed by atoms with Crippen molar-refractivity contribution in [2.24, 2.45) is 0 Å². The minimum Gasteiger partial charge on any atom is -0.479 e. The third kappa shape index (κ3) is 6.56. The highest BCUT2D eigenvalue weighted by molar-refractivity contribution is 7.92. The maximum atomic E-state index is 13.5. The highest BCUT2D eigenvalue weighted by Gasteiger charge is 2.31. The van der Waals surface area contributed by atoms with Gasteiger partial charge < -0.3 is 14.6 Å². The lowest BCUT2D eigenvalue weighted by Gasteiger charge is -2.23. The molecule has 2 N–H and O–H groups in total. The molecule has 2 fully saturated rings. The highest BCUT2D eigenvalue weighted by atomic mass is 32.2. The van der Waals surface area contributed by atoms with Crippen molar-refractivity contribution in [2.45, 2.75) is 80.1 Å². The summed E-state index contributed by atoms with van der Waals surface area (Å²) in [4.78, 5) is 33.6. The Labute approximate surface area is 230 Å². The van der Waals surface area contributed by atoms with E-state index in [0.717, 1.165) is 56.3 Å². The molecule has 12 heteroatoms. The summed E-state index contributed by atoms with van der Waals surface area (Å²) in [7, 11) is -3.42. The number of rotatable bonds is 10. The molecule has 1 atom stereocenters. The van der Waals surface area contributed by atoms with Crippen LogP contribution in [0.1, 0.15) is 69.5 Å². The lowest BCUT2D eigenvalue weighted by Crippen LogP contribution is -2.27. The van der Waals surface area contributed by atoms with Gasteiger partial charge in [-0.25, -0.2) is 23.2 Å².